The minimum absolute atomic E-state index is 0.650. The summed E-state index contributed by atoms with van der Waals surface area (Å²) in [5.41, 5.74) is 0.650. The van der Waals surface area contributed by atoms with E-state index in [0.29, 0.717) is 18.2 Å². The van der Waals surface area contributed by atoms with Crippen molar-refractivity contribution in [3.63, 3.8) is 0 Å². The zero-order chi connectivity index (χ0) is 14.4. The summed E-state index contributed by atoms with van der Waals surface area (Å²) >= 11 is 0. The summed E-state index contributed by atoms with van der Waals surface area (Å²) in [6.45, 7) is 3.97. The molecule has 3 nitrogen and oxygen atoms in total. The lowest BCUT2D eigenvalue weighted by Crippen LogP contribution is -2.37. The van der Waals surface area contributed by atoms with Gasteiger partial charge in [0.1, 0.15) is 12.4 Å². The Morgan fingerprint density at radius 3 is 3.00 bits per heavy atom. The number of hydrogen-bond donors (Lipinski definition) is 0. The molecule has 0 heterocycles. The number of hydrogen-bond acceptors (Lipinski definition) is 3. The maximum Gasteiger partial charge on any atom is 0.120 e. The third-order valence-corrected chi connectivity index (χ3v) is 4.21. The van der Waals surface area contributed by atoms with Crippen LogP contribution in [-0.4, -0.2) is 31.1 Å². The van der Waals surface area contributed by atoms with Crippen molar-refractivity contribution in [1.29, 1.82) is 5.26 Å². The van der Waals surface area contributed by atoms with Crippen LogP contribution in [-0.2, 0) is 0 Å². The minimum atomic E-state index is 0.650. The Morgan fingerprint density at radius 1 is 1.40 bits per heavy atom. The fourth-order valence-electron chi connectivity index (χ4n) is 2.95. The van der Waals surface area contributed by atoms with Crippen LogP contribution in [0.2, 0.25) is 0 Å². The molecule has 2 rings (SSSR count). The highest BCUT2D eigenvalue weighted by atomic mass is 16.5. The molecule has 1 fully saturated rings. The van der Waals surface area contributed by atoms with Gasteiger partial charge in [-0.3, -0.25) is 0 Å². The molecule has 2 atom stereocenters. The van der Waals surface area contributed by atoms with Gasteiger partial charge in [0.25, 0.3) is 0 Å². The van der Waals surface area contributed by atoms with Crippen molar-refractivity contribution < 1.29 is 4.74 Å². The van der Waals surface area contributed by atoms with E-state index in [1.807, 2.05) is 12.1 Å². The molecule has 0 amide bonds. The first kappa shape index (κ1) is 14.9. The number of nitrogens with zero attached hydrogens (tertiary/aromatic N) is 2. The van der Waals surface area contributed by atoms with Crippen LogP contribution in [0.4, 0.5) is 0 Å². The lowest BCUT2D eigenvalue weighted by molar-refractivity contribution is 0.141. The molecule has 3 heteroatoms. The van der Waals surface area contributed by atoms with Gasteiger partial charge >= 0.3 is 0 Å². The third kappa shape index (κ3) is 4.25. The van der Waals surface area contributed by atoms with E-state index >= 15 is 0 Å². The van der Waals surface area contributed by atoms with Gasteiger partial charge in [-0.2, -0.15) is 5.26 Å². The largest absolute Gasteiger partial charge is 0.492 e. The van der Waals surface area contributed by atoms with Crippen LogP contribution in [0.1, 0.15) is 38.2 Å². The average molecular weight is 272 g/mol. The molecule has 0 spiro atoms. The topological polar surface area (TPSA) is 36.3 Å². The van der Waals surface area contributed by atoms with Crippen LogP contribution in [0.15, 0.2) is 24.3 Å². The number of likely N-dealkylation sites (N-methyl/N-ethyl adjacent to an activating group) is 1. The first-order valence-electron chi connectivity index (χ1n) is 7.52. The second-order valence-electron chi connectivity index (χ2n) is 5.89. The zero-order valence-electron chi connectivity index (χ0n) is 12.5. The fraction of sp³-hybridized carbons (Fsp3) is 0.588. The van der Waals surface area contributed by atoms with E-state index in [1.54, 1.807) is 12.1 Å². The summed E-state index contributed by atoms with van der Waals surface area (Å²) in [7, 11) is 2.19. The van der Waals surface area contributed by atoms with Crippen LogP contribution in [0.25, 0.3) is 0 Å². The Morgan fingerprint density at radius 2 is 2.25 bits per heavy atom. The number of benzene rings is 1. The molecule has 0 aliphatic heterocycles. The molecule has 1 aliphatic carbocycles. The van der Waals surface area contributed by atoms with Crippen molar-refractivity contribution in [2.45, 2.75) is 38.6 Å². The van der Waals surface area contributed by atoms with Crippen molar-refractivity contribution in [2.75, 3.05) is 20.2 Å². The van der Waals surface area contributed by atoms with E-state index in [4.69, 9.17) is 10.00 Å². The predicted molar refractivity (Wildman–Crippen MR) is 80.7 cm³/mol. The van der Waals surface area contributed by atoms with Crippen molar-refractivity contribution >= 4 is 0 Å². The van der Waals surface area contributed by atoms with Crippen LogP contribution in [0, 0.1) is 17.2 Å². The summed E-state index contributed by atoms with van der Waals surface area (Å²) in [6, 6.07) is 10.2. The Kier molecular flexibility index (Phi) is 5.43. The first-order chi connectivity index (χ1) is 9.69. The minimum Gasteiger partial charge on any atom is -0.492 e. The van der Waals surface area contributed by atoms with Gasteiger partial charge in [-0.05, 0) is 44.0 Å². The highest BCUT2D eigenvalue weighted by molar-refractivity contribution is 5.36. The van der Waals surface area contributed by atoms with Crippen LogP contribution >= 0.6 is 0 Å². The highest BCUT2D eigenvalue weighted by Crippen LogP contribution is 2.26. The van der Waals surface area contributed by atoms with E-state index in [9.17, 15) is 0 Å². The summed E-state index contributed by atoms with van der Waals surface area (Å²) in [5.74, 6) is 1.64. The van der Waals surface area contributed by atoms with Crippen LogP contribution < -0.4 is 4.74 Å². The van der Waals surface area contributed by atoms with Crippen molar-refractivity contribution in [3.8, 4) is 11.8 Å². The second-order valence-corrected chi connectivity index (χ2v) is 5.89. The van der Waals surface area contributed by atoms with E-state index < -0.39 is 0 Å². The fourth-order valence-corrected chi connectivity index (χ4v) is 2.95. The van der Waals surface area contributed by atoms with E-state index in [2.05, 4.69) is 24.9 Å². The Balaban J connectivity index is 1.76. The van der Waals surface area contributed by atoms with Gasteiger partial charge in [0, 0.05) is 12.6 Å². The highest BCUT2D eigenvalue weighted by Gasteiger charge is 2.21. The monoisotopic (exact) mass is 272 g/mol. The van der Waals surface area contributed by atoms with Gasteiger partial charge in [-0.15, -0.1) is 0 Å². The van der Waals surface area contributed by atoms with Gasteiger partial charge in [-0.25, -0.2) is 0 Å². The molecule has 0 N–H and O–H groups in total. The lowest BCUT2D eigenvalue weighted by Gasteiger charge is -2.34. The number of ether oxygens (including phenoxy) is 1. The first-order valence-corrected chi connectivity index (χ1v) is 7.52. The number of nitriles is 1. The molecule has 1 aromatic carbocycles. The molecular weight excluding hydrogens is 248 g/mol. The molecule has 0 radical (unpaired) electrons. The van der Waals surface area contributed by atoms with Gasteiger partial charge in [-0.1, -0.05) is 25.8 Å². The molecule has 1 saturated carbocycles. The Bertz CT molecular complexity index is 466. The lowest BCUT2D eigenvalue weighted by atomic mass is 9.86. The molecule has 108 valence electrons. The van der Waals surface area contributed by atoms with Crippen molar-refractivity contribution in [3.05, 3.63) is 29.8 Å². The normalized spacial score (nSPS) is 22.5. The SMILES string of the molecule is CC1CCCC(N(C)CCOc2cccc(C#N)c2)C1. The molecule has 0 bridgehead atoms. The van der Waals surface area contributed by atoms with Crippen LogP contribution in [0.3, 0.4) is 0 Å². The van der Waals surface area contributed by atoms with Crippen LogP contribution in [0.5, 0.6) is 5.75 Å². The van der Waals surface area contributed by atoms with Gasteiger partial charge in [0.15, 0.2) is 0 Å². The molecule has 1 aromatic rings. The van der Waals surface area contributed by atoms with Gasteiger partial charge in [0.05, 0.1) is 11.6 Å². The summed E-state index contributed by atoms with van der Waals surface area (Å²) in [6.07, 6.45) is 5.34. The third-order valence-electron chi connectivity index (χ3n) is 4.21. The summed E-state index contributed by atoms with van der Waals surface area (Å²) in [4.78, 5) is 2.42. The van der Waals surface area contributed by atoms with E-state index in [-0.39, 0.29) is 0 Å². The quantitative estimate of drug-likeness (QED) is 0.823. The maximum absolute atomic E-state index is 8.86. The number of rotatable bonds is 5. The zero-order valence-corrected chi connectivity index (χ0v) is 12.5. The summed E-state index contributed by atoms with van der Waals surface area (Å²) < 4.78 is 5.74. The Hall–Kier alpha value is -1.53. The Labute approximate surface area is 122 Å². The molecule has 20 heavy (non-hydrogen) atoms. The van der Waals surface area contributed by atoms with Gasteiger partial charge in [0.2, 0.25) is 0 Å². The molecule has 1 aliphatic rings. The standard InChI is InChI=1S/C17H24N2O/c1-14-5-3-7-16(11-14)19(2)9-10-20-17-8-4-6-15(12-17)13-18/h4,6,8,12,14,16H,3,5,7,9-11H2,1-2H3. The van der Waals surface area contributed by atoms with E-state index in [1.165, 1.54) is 25.7 Å². The molecular formula is C17H24N2O. The van der Waals surface area contributed by atoms with Crippen molar-refractivity contribution in [2.24, 2.45) is 5.92 Å². The smallest absolute Gasteiger partial charge is 0.120 e. The van der Waals surface area contributed by atoms with Gasteiger partial charge < -0.3 is 9.64 Å². The maximum atomic E-state index is 8.86. The predicted octanol–water partition coefficient (Wildman–Crippen LogP) is 3.45. The summed E-state index contributed by atoms with van der Waals surface area (Å²) in [5, 5.41) is 8.86. The average Bonchev–Trinajstić information content (AvgIpc) is 2.47. The molecule has 2 unspecified atom stereocenters. The second kappa shape index (κ2) is 7.31. The van der Waals surface area contributed by atoms with Crippen molar-refractivity contribution in [1.82, 2.24) is 4.90 Å². The van der Waals surface area contributed by atoms with E-state index in [0.717, 1.165) is 18.2 Å². The molecule has 0 saturated heterocycles. The molecule has 0 aromatic heterocycles.